The van der Waals surface area contributed by atoms with E-state index >= 15 is 0 Å². The van der Waals surface area contributed by atoms with Gasteiger partial charge >= 0.3 is 6.18 Å². The number of hydrogen-bond donors (Lipinski definition) is 1. The van der Waals surface area contributed by atoms with Crippen molar-refractivity contribution in [1.29, 1.82) is 0 Å². The number of nitrogens with zero attached hydrogens (tertiary/aromatic N) is 1. The van der Waals surface area contributed by atoms with Crippen LogP contribution in [0.1, 0.15) is 67.2 Å². The zero-order chi connectivity index (χ0) is 21.3. The third-order valence-electron chi connectivity index (χ3n) is 4.58. The second-order valence-electron chi connectivity index (χ2n) is 7.17. The first-order chi connectivity index (χ1) is 12.4. The maximum absolute atomic E-state index is 13.7. The van der Waals surface area contributed by atoms with Gasteiger partial charge in [-0.25, -0.2) is 13.8 Å². The summed E-state index contributed by atoms with van der Waals surface area (Å²) in [5.41, 5.74) is -0.102. The van der Waals surface area contributed by atoms with E-state index < -0.39 is 17.7 Å². The van der Waals surface area contributed by atoms with Crippen LogP contribution in [-0.2, 0) is 0 Å². The van der Waals surface area contributed by atoms with E-state index in [9.17, 15) is 22.0 Å². The smallest absolute Gasteiger partial charge is 0.370 e. The molecule has 1 N–H and O–H groups in total. The fourth-order valence-corrected chi connectivity index (χ4v) is 2.77. The third kappa shape index (κ3) is 9.91. The van der Waals surface area contributed by atoms with Gasteiger partial charge in [0.1, 0.15) is 5.82 Å². The van der Waals surface area contributed by atoms with Crippen LogP contribution in [-0.4, -0.2) is 24.9 Å². The van der Waals surface area contributed by atoms with Crippen molar-refractivity contribution in [2.75, 3.05) is 6.54 Å². The van der Waals surface area contributed by atoms with Gasteiger partial charge in [-0.1, -0.05) is 33.3 Å². The predicted octanol–water partition coefficient (Wildman–Crippen LogP) is 6.89. The number of allylic oxidation sites excluding steroid dienone is 3. The average molecular weight is 396 g/mol. The third-order valence-corrected chi connectivity index (χ3v) is 4.58. The molecular formula is C20H33F5N2. The fraction of sp³-hybridized carbons (Fsp3) is 0.750. The minimum Gasteiger partial charge on any atom is -0.370 e. The van der Waals surface area contributed by atoms with Crippen molar-refractivity contribution in [1.82, 2.24) is 5.32 Å². The zero-order valence-electron chi connectivity index (χ0n) is 17.2. The van der Waals surface area contributed by atoms with E-state index in [4.69, 9.17) is 0 Å². The van der Waals surface area contributed by atoms with E-state index in [0.29, 0.717) is 12.4 Å². The van der Waals surface area contributed by atoms with Crippen LogP contribution in [0.4, 0.5) is 22.0 Å². The molecule has 0 aliphatic carbocycles. The number of alkyl halides is 5. The predicted molar refractivity (Wildman–Crippen MR) is 102 cm³/mol. The molecule has 2 nitrogen and oxygen atoms in total. The normalized spacial score (nSPS) is 15.7. The van der Waals surface area contributed by atoms with Gasteiger partial charge < -0.3 is 5.32 Å². The van der Waals surface area contributed by atoms with Crippen LogP contribution in [0.3, 0.4) is 0 Å². The average Bonchev–Trinajstić information content (AvgIpc) is 2.54. The Bertz CT molecular complexity index is 529. The molecule has 7 heteroatoms. The van der Waals surface area contributed by atoms with Crippen LogP contribution in [0, 0.1) is 11.8 Å². The zero-order valence-corrected chi connectivity index (χ0v) is 17.2. The highest BCUT2D eigenvalue weighted by atomic mass is 19.4. The molecule has 0 aromatic carbocycles. The van der Waals surface area contributed by atoms with E-state index in [1.165, 1.54) is 13.8 Å². The minimum absolute atomic E-state index is 0.0132. The summed E-state index contributed by atoms with van der Waals surface area (Å²) in [5.74, 6) is -2.58. The Balaban J connectivity index is 5.17. The maximum Gasteiger partial charge on any atom is 0.417 e. The van der Waals surface area contributed by atoms with E-state index in [1.807, 2.05) is 6.92 Å². The highest BCUT2D eigenvalue weighted by Crippen LogP contribution is 2.32. The molecule has 0 spiro atoms. The molecular weight excluding hydrogens is 363 g/mol. The number of hydrogen-bond acceptors (Lipinski definition) is 2. The van der Waals surface area contributed by atoms with Gasteiger partial charge in [-0.3, -0.25) is 0 Å². The van der Waals surface area contributed by atoms with Crippen LogP contribution in [0.2, 0.25) is 0 Å². The Kier molecular flexibility index (Phi) is 10.9. The van der Waals surface area contributed by atoms with Crippen molar-refractivity contribution in [3.63, 3.8) is 0 Å². The monoisotopic (exact) mass is 396 g/mol. The van der Waals surface area contributed by atoms with Gasteiger partial charge in [-0.2, -0.15) is 13.2 Å². The summed E-state index contributed by atoms with van der Waals surface area (Å²) in [6.07, 6.45) is -1.50. The van der Waals surface area contributed by atoms with Crippen LogP contribution in [0.15, 0.2) is 28.0 Å². The molecule has 0 radical (unpaired) electrons. The van der Waals surface area contributed by atoms with Crippen molar-refractivity contribution >= 4 is 6.21 Å². The molecule has 27 heavy (non-hydrogen) atoms. The van der Waals surface area contributed by atoms with Gasteiger partial charge in [0.25, 0.3) is 0 Å². The molecule has 0 aliphatic rings. The Hall–Kier alpha value is -1.40. The van der Waals surface area contributed by atoms with Crippen molar-refractivity contribution in [2.24, 2.45) is 16.8 Å². The lowest BCUT2D eigenvalue weighted by molar-refractivity contribution is -0.0857. The number of aliphatic imine (C=N–C) groups is 1. The second kappa shape index (κ2) is 11.4. The highest BCUT2D eigenvalue weighted by Gasteiger charge is 2.32. The maximum atomic E-state index is 13.7. The Morgan fingerprint density at radius 1 is 1.11 bits per heavy atom. The van der Waals surface area contributed by atoms with Gasteiger partial charge in [-0.15, -0.1) is 0 Å². The second-order valence-corrected chi connectivity index (χ2v) is 7.17. The first-order valence-electron chi connectivity index (χ1n) is 9.44. The first kappa shape index (κ1) is 25.6. The largest absolute Gasteiger partial charge is 0.417 e. The standard InChI is InChI=1S/C20H33F5N2/c1-7-10-16(15(6)11-19(21,22)9-3)12-26-18(14(4)5)27-13-17(8-2)20(23,24)25/h8,13,15-16,26H,7,9-12H2,1-6H3/b17-8+,27-13?. The van der Waals surface area contributed by atoms with E-state index in [-0.39, 0.29) is 24.7 Å². The summed E-state index contributed by atoms with van der Waals surface area (Å²) in [6.45, 7) is 10.4. The fourth-order valence-electron chi connectivity index (χ4n) is 2.77. The first-order valence-corrected chi connectivity index (χ1v) is 9.44. The van der Waals surface area contributed by atoms with E-state index in [2.05, 4.69) is 10.3 Å². The molecule has 0 aliphatic heterocycles. The lowest BCUT2D eigenvalue weighted by Crippen LogP contribution is -2.30. The van der Waals surface area contributed by atoms with Gasteiger partial charge in [0.05, 0.1) is 5.57 Å². The SMILES string of the molecule is C/C=C(\C=NC(NCC(CCC)C(C)CC(F)(F)CC)=C(C)C)C(F)(F)F. The van der Waals surface area contributed by atoms with Gasteiger partial charge in [0, 0.05) is 25.6 Å². The summed E-state index contributed by atoms with van der Waals surface area (Å²) in [5, 5.41) is 3.06. The summed E-state index contributed by atoms with van der Waals surface area (Å²) in [4.78, 5) is 3.95. The summed E-state index contributed by atoms with van der Waals surface area (Å²) >= 11 is 0. The Morgan fingerprint density at radius 3 is 2.11 bits per heavy atom. The highest BCUT2D eigenvalue weighted by molar-refractivity contribution is 5.80. The summed E-state index contributed by atoms with van der Waals surface area (Å²) in [7, 11) is 0. The molecule has 2 unspecified atom stereocenters. The Morgan fingerprint density at radius 2 is 1.70 bits per heavy atom. The summed E-state index contributed by atoms with van der Waals surface area (Å²) in [6, 6.07) is 0. The minimum atomic E-state index is -4.46. The number of nitrogens with one attached hydrogen (secondary N) is 1. The topological polar surface area (TPSA) is 24.4 Å². The molecule has 0 fully saturated rings. The Labute approximate surface area is 160 Å². The molecule has 0 aromatic rings. The lowest BCUT2D eigenvalue weighted by atomic mass is 9.85. The van der Waals surface area contributed by atoms with Gasteiger partial charge in [0.2, 0.25) is 5.92 Å². The van der Waals surface area contributed by atoms with E-state index in [0.717, 1.165) is 30.7 Å². The number of rotatable bonds is 11. The lowest BCUT2D eigenvalue weighted by Gasteiger charge is -2.28. The molecule has 0 heterocycles. The van der Waals surface area contributed by atoms with Gasteiger partial charge in [0.15, 0.2) is 0 Å². The molecule has 2 atom stereocenters. The van der Waals surface area contributed by atoms with E-state index in [1.54, 1.807) is 20.8 Å². The van der Waals surface area contributed by atoms with Crippen molar-refractivity contribution in [2.45, 2.75) is 79.3 Å². The van der Waals surface area contributed by atoms with Crippen LogP contribution in [0.5, 0.6) is 0 Å². The molecule has 0 rings (SSSR count). The molecule has 0 bridgehead atoms. The van der Waals surface area contributed by atoms with Crippen LogP contribution in [0.25, 0.3) is 0 Å². The van der Waals surface area contributed by atoms with Gasteiger partial charge in [-0.05, 0) is 44.6 Å². The molecule has 0 saturated carbocycles. The van der Waals surface area contributed by atoms with Crippen LogP contribution >= 0.6 is 0 Å². The molecule has 0 aromatic heterocycles. The quantitative estimate of drug-likeness (QED) is 0.298. The molecule has 0 saturated heterocycles. The number of halogens is 5. The van der Waals surface area contributed by atoms with Crippen molar-refractivity contribution < 1.29 is 22.0 Å². The molecule has 0 amide bonds. The summed E-state index contributed by atoms with van der Waals surface area (Å²) < 4.78 is 65.9. The molecule has 158 valence electrons. The van der Waals surface area contributed by atoms with Crippen molar-refractivity contribution in [3.8, 4) is 0 Å². The van der Waals surface area contributed by atoms with Crippen molar-refractivity contribution in [3.05, 3.63) is 23.0 Å². The van der Waals surface area contributed by atoms with Crippen LogP contribution < -0.4 is 5.32 Å².